The van der Waals surface area contributed by atoms with Crippen molar-refractivity contribution >= 4 is 5.97 Å². The van der Waals surface area contributed by atoms with E-state index < -0.39 is 23.2 Å². The largest absolute Gasteiger partial charge is 0.477 e. The second kappa shape index (κ2) is 5.40. The molecule has 2 rings (SSSR count). The molecule has 0 fully saturated rings. The lowest BCUT2D eigenvalue weighted by Gasteiger charge is -2.03. The Balaban J connectivity index is 2.63. The van der Waals surface area contributed by atoms with Crippen molar-refractivity contribution in [1.82, 2.24) is 5.16 Å². The van der Waals surface area contributed by atoms with Crippen LogP contribution in [0.4, 0.5) is 8.78 Å². The van der Waals surface area contributed by atoms with E-state index in [4.69, 9.17) is 4.52 Å². The topological polar surface area (TPSA) is 63.3 Å². The van der Waals surface area contributed by atoms with E-state index in [1.54, 1.807) is 0 Å². The fourth-order valence-corrected chi connectivity index (χ4v) is 1.95. The molecule has 0 unspecified atom stereocenters. The van der Waals surface area contributed by atoms with Crippen molar-refractivity contribution in [3.63, 3.8) is 0 Å². The maximum atomic E-state index is 13.7. The number of nitrogens with zero attached hydrogens (tertiary/aromatic N) is 1. The minimum Gasteiger partial charge on any atom is -0.477 e. The van der Waals surface area contributed by atoms with Gasteiger partial charge in [0, 0.05) is 6.42 Å². The predicted octanol–water partition coefficient (Wildman–Crippen LogP) is 3.52. The van der Waals surface area contributed by atoms with Crippen molar-refractivity contribution in [2.45, 2.75) is 20.3 Å². The van der Waals surface area contributed by atoms with Crippen LogP contribution in [0.5, 0.6) is 0 Å². The Kier molecular flexibility index (Phi) is 3.83. The van der Waals surface area contributed by atoms with E-state index in [0.29, 0.717) is 6.42 Å². The molecule has 0 aliphatic heterocycles. The zero-order valence-electron chi connectivity index (χ0n) is 11.0. The smallest absolute Gasteiger partial charge is 0.341 e. The molecule has 0 atom stereocenters. The highest BCUT2D eigenvalue weighted by Crippen LogP contribution is 2.31. The standard InChI is InChI=1S/C14H13F2NO3/c1-7(2)6-10-12(14(18)19)13(17-20-10)11-8(15)4-3-5-9(11)16/h3-5,7H,6H2,1-2H3,(H,18,19). The van der Waals surface area contributed by atoms with E-state index in [1.165, 1.54) is 6.07 Å². The second-order valence-electron chi connectivity index (χ2n) is 4.83. The predicted molar refractivity (Wildman–Crippen MR) is 67.4 cm³/mol. The first-order valence-electron chi connectivity index (χ1n) is 6.08. The number of carbonyl (C=O) groups is 1. The third kappa shape index (κ3) is 2.54. The highest BCUT2D eigenvalue weighted by molar-refractivity contribution is 5.95. The van der Waals surface area contributed by atoms with Gasteiger partial charge in [0.1, 0.15) is 22.9 Å². The van der Waals surface area contributed by atoms with Crippen LogP contribution in [0.1, 0.15) is 30.0 Å². The van der Waals surface area contributed by atoms with Crippen LogP contribution in [0, 0.1) is 17.6 Å². The van der Waals surface area contributed by atoms with Gasteiger partial charge in [0.25, 0.3) is 0 Å². The highest BCUT2D eigenvalue weighted by Gasteiger charge is 2.27. The van der Waals surface area contributed by atoms with Gasteiger partial charge in [0.15, 0.2) is 5.76 Å². The minimum absolute atomic E-state index is 0.116. The summed E-state index contributed by atoms with van der Waals surface area (Å²) in [4.78, 5) is 11.3. The molecule has 0 spiro atoms. The van der Waals surface area contributed by atoms with Crippen molar-refractivity contribution in [3.05, 3.63) is 41.2 Å². The Labute approximate surface area is 114 Å². The Morgan fingerprint density at radius 1 is 1.35 bits per heavy atom. The fraction of sp³-hybridized carbons (Fsp3) is 0.286. The average Bonchev–Trinajstić information content (AvgIpc) is 2.71. The molecule has 1 N–H and O–H groups in total. The molecule has 0 amide bonds. The molecule has 20 heavy (non-hydrogen) atoms. The molecule has 0 radical (unpaired) electrons. The van der Waals surface area contributed by atoms with Crippen LogP contribution < -0.4 is 0 Å². The first-order chi connectivity index (χ1) is 9.41. The molecule has 4 nitrogen and oxygen atoms in total. The molecule has 2 aromatic rings. The quantitative estimate of drug-likeness (QED) is 0.931. The molecule has 6 heteroatoms. The van der Waals surface area contributed by atoms with Gasteiger partial charge in [0.2, 0.25) is 0 Å². The van der Waals surface area contributed by atoms with Crippen LogP contribution in [0.25, 0.3) is 11.3 Å². The van der Waals surface area contributed by atoms with Crippen molar-refractivity contribution in [2.24, 2.45) is 5.92 Å². The Morgan fingerprint density at radius 3 is 2.45 bits per heavy atom. The van der Waals surface area contributed by atoms with Gasteiger partial charge in [-0.2, -0.15) is 0 Å². The summed E-state index contributed by atoms with van der Waals surface area (Å²) < 4.78 is 32.4. The molecule has 0 bridgehead atoms. The number of carboxylic acids is 1. The number of benzene rings is 1. The third-order valence-electron chi connectivity index (χ3n) is 2.77. The second-order valence-corrected chi connectivity index (χ2v) is 4.83. The van der Waals surface area contributed by atoms with Crippen LogP contribution in [0.2, 0.25) is 0 Å². The van der Waals surface area contributed by atoms with Crippen LogP contribution >= 0.6 is 0 Å². The van der Waals surface area contributed by atoms with Crippen molar-refractivity contribution in [2.75, 3.05) is 0 Å². The lowest BCUT2D eigenvalue weighted by Crippen LogP contribution is -2.05. The molecular weight excluding hydrogens is 268 g/mol. The summed E-state index contributed by atoms with van der Waals surface area (Å²) in [7, 11) is 0. The summed E-state index contributed by atoms with van der Waals surface area (Å²) in [5.74, 6) is -2.84. The van der Waals surface area contributed by atoms with Crippen molar-refractivity contribution in [1.29, 1.82) is 0 Å². The summed E-state index contributed by atoms with van der Waals surface area (Å²) in [6.07, 6.45) is 0.324. The SMILES string of the molecule is CC(C)Cc1onc(-c2c(F)cccc2F)c1C(=O)O. The van der Waals surface area contributed by atoms with E-state index >= 15 is 0 Å². The summed E-state index contributed by atoms with van der Waals surface area (Å²) in [5.41, 5.74) is -1.09. The number of rotatable bonds is 4. The molecule has 1 aromatic heterocycles. The monoisotopic (exact) mass is 281 g/mol. The van der Waals surface area contributed by atoms with Gasteiger partial charge in [-0.25, -0.2) is 13.6 Å². The number of hydrogen-bond acceptors (Lipinski definition) is 3. The maximum Gasteiger partial charge on any atom is 0.341 e. The molecule has 0 aliphatic carbocycles. The Morgan fingerprint density at radius 2 is 1.95 bits per heavy atom. The molecular formula is C14H13F2NO3. The molecule has 106 valence electrons. The van der Waals surface area contributed by atoms with Gasteiger partial charge in [0.05, 0.1) is 5.56 Å². The van der Waals surface area contributed by atoms with Crippen LogP contribution in [-0.4, -0.2) is 16.2 Å². The third-order valence-corrected chi connectivity index (χ3v) is 2.77. The summed E-state index contributed by atoms with van der Waals surface area (Å²) in [6, 6.07) is 3.28. The summed E-state index contributed by atoms with van der Waals surface area (Å²) in [6.45, 7) is 3.75. The van der Waals surface area contributed by atoms with Gasteiger partial charge in [-0.05, 0) is 18.1 Å². The van der Waals surface area contributed by atoms with E-state index in [0.717, 1.165) is 12.1 Å². The Bertz CT molecular complexity index is 630. The lowest BCUT2D eigenvalue weighted by molar-refractivity contribution is 0.0695. The van der Waals surface area contributed by atoms with Crippen molar-refractivity contribution in [3.8, 4) is 11.3 Å². The number of aromatic carboxylic acids is 1. The van der Waals surface area contributed by atoms with E-state index in [1.807, 2.05) is 13.8 Å². The molecule has 0 aliphatic rings. The zero-order chi connectivity index (χ0) is 14.9. The highest BCUT2D eigenvalue weighted by atomic mass is 19.1. The molecule has 1 aromatic carbocycles. The van der Waals surface area contributed by atoms with Crippen LogP contribution in [0.15, 0.2) is 22.7 Å². The molecule has 1 heterocycles. The molecule has 0 saturated heterocycles. The average molecular weight is 281 g/mol. The van der Waals surface area contributed by atoms with Crippen LogP contribution in [0.3, 0.4) is 0 Å². The van der Waals surface area contributed by atoms with Crippen LogP contribution in [-0.2, 0) is 6.42 Å². The zero-order valence-corrected chi connectivity index (χ0v) is 11.0. The first kappa shape index (κ1) is 14.2. The van der Waals surface area contributed by atoms with Gasteiger partial charge in [-0.15, -0.1) is 0 Å². The Hall–Kier alpha value is -2.24. The van der Waals surface area contributed by atoms with Gasteiger partial charge < -0.3 is 9.63 Å². The normalized spacial score (nSPS) is 11.1. The van der Waals surface area contributed by atoms with Gasteiger partial charge in [-0.3, -0.25) is 0 Å². The summed E-state index contributed by atoms with van der Waals surface area (Å²) in [5, 5.41) is 12.8. The maximum absolute atomic E-state index is 13.7. The number of carboxylic acid groups (broad SMARTS) is 1. The van der Waals surface area contributed by atoms with E-state index in [9.17, 15) is 18.7 Å². The number of aromatic nitrogens is 1. The van der Waals surface area contributed by atoms with Gasteiger partial charge in [-0.1, -0.05) is 25.1 Å². The fourth-order valence-electron chi connectivity index (χ4n) is 1.95. The lowest BCUT2D eigenvalue weighted by atomic mass is 10.0. The summed E-state index contributed by atoms with van der Waals surface area (Å²) >= 11 is 0. The molecule has 0 saturated carbocycles. The van der Waals surface area contributed by atoms with Crippen molar-refractivity contribution < 1.29 is 23.2 Å². The minimum atomic E-state index is -1.32. The van der Waals surface area contributed by atoms with E-state index in [2.05, 4.69) is 5.16 Å². The number of halogens is 2. The first-order valence-corrected chi connectivity index (χ1v) is 6.08. The van der Waals surface area contributed by atoms with E-state index in [-0.39, 0.29) is 22.9 Å². The van der Waals surface area contributed by atoms with Gasteiger partial charge >= 0.3 is 5.97 Å². The number of hydrogen-bond donors (Lipinski definition) is 1.